The zero-order valence-corrected chi connectivity index (χ0v) is 19.5. The molecule has 1 aromatic heterocycles. The highest BCUT2D eigenvalue weighted by Gasteiger charge is 2.19. The summed E-state index contributed by atoms with van der Waals surface area (Å²) in [6.07, 6.45) is 2.27. The Morgan fingerprint density at radius 3 is 2.59 bits per heavy atom. The lowest BCUT2D eigenvalue weighted by molar-refractivity contribution is -0.139. The van der Waals surface area contributed by atoms with Gasteiger partial charge < -0.3 is 20.1 Å². The summed E-state index contributed by atoms with van der Waals surface area (Å²) < 4.78 is 6.70. The Morgan fingerprint density at radius 2 is 1.84 bits per heavy atom. The van der Waals surface area contributed by atoms with Crippen LogP contribution in [-0.4, -0.2) is 22.1 Å². The molecule has 4 rings (SSSR count). The van der Waals surface area contributed by atoms with Gasteiger partial charge in [0.15, 0.2) is 0 Å². The molecule has 1 heterocycles. The SMILES string of the molecule is O=C(O)C(Cc1c[nH]c2ccccc12)NCc1ccc(OCc2ccc(Cl)cc2)c(Br)c1. The quantitative estimate of drug-likeness (QED) is 0.259. The fraction of sp³-hybridized carbons (Fsp3) is 0.160. The fourth-order valence-corrected chi connectivity index (χ4v) is 4.19. The summed E-state index contributed by atoms with van der Waals surface area (Å²) in [4.78, 5) is 15.0. The molecule has 0 spiro atoms. The third kappa shape index (κ3) is 5.51. The summed E-state index contributed by atoms with van der Waals surface area (Å²) in [5, 5.41) is 14.6. The zero-order valence-electron chi connectivity index (χ0n) is 17.1. The van der Waals surface area contributed by atoms with Crippen molar-refractivity contribution in [2.75, 3.05) is 0 Å². The maximum Gasteiger partial charge on any atom is 0.321 e. The summed E-state index contributed by atoms with van der Waals surface area (Å²) >= 11 is 9.47. The Bertz CT molecular complexity index is 1220. The van der Waals surface area contributed by atoms with Crippen LogP contribution >= 0.6 is 27.5 Å². The van der Waals surface area contributed by atoms with Crippen LogP contribution in [0.15, 0.2) is 77.4 Å². The molecule has 0 amide bonds. The molecule has 32 heavy (non-hydrogen) atoms. The first-order valence-electron chi connectivity index (χ1n) is 10.2. The Labute approximate surface area is 199 Å². The molecule has 164 valence electrons. The van der Waals surface area contributed by atoms with Crippen molar-refractivity contribution in [3.63, 3.8) is 0 Å². The van der Waals surface area contributed by atoms with Gasteiger partial charge in [0.1, 0.15) is 18.4 Å². The third-order valence-corrected chi connectivity index (χ3v) is 6.13. The zero-order chi connectivity index (χ0) is 22.5. The van der Waals surface area contributed by atoms with E-state index in [1.807, 2.05) is 72.9 Å². The number of ether oxygens (including phenoxy) is 1. The van der Waals surface area contributed by atoms with Crippen molar-refractivity contribution < 1.29 is 14.6 Å². The number of halogens is 2. The van der Waals surface area contributed by atoms with E-state index < -0.39 is 12.0 Å². The number of carboxylic acids is 1. The summed E-state index contributed by atoms with van der Waals surface area (Å²) in [6, 6.07) is 20.5. The first-order chi connectivity index (χ1) is 15.5. The van der Waals surface area contributed by atoms with Crippen molar-refractivity contribution >= 4 is 44.4 Å². The number of hydrogen-bond acceptors (Lipinski definition) is 3. The minimum absolute atomic E-state index is 0.392. The molecular weight excluding hydrogens is 492 g/mol. The van der Waals surface area contributed by atoms with Crippen LogP contribution in [0.2, 0.25) is 5.02 Å². The van der Waals surface area contributed by atoms with Crippen molar-refractivity contribution in [3.05, 3.63) is 99.1 Å². The second-order valence-electron chi connectivity index (χ2n) is 7.52. The van der Waals surface area contributed by atoms with Crippen LogP contribution in [0.4, 0.5) is 0 Å². The monoisotopic (exact) mass is 512 g/mol. The molecule has 0 aliphatic heterocycles. The van der Waals surface area contributed by atoms with Crippen LogP contribution in [0.25, 0.3) is 10.9 Å². The van der Waals surface area contributed by atoms with E-state index >= 15 is 0 Å². The number of aromatic nitrogens is 1. The number of carboxylic acid groups (broad SMARTS) is 1. The summed E-state index contributed by atoms with van der Waals surface area (Å²) in [5.41, 5.74) is 3.96. The van der Waals surface area contributed by atoms with E-state index in [4.69, 9.17) is 16.3 Å². The minimum atomic E-state index is -0.878. The molecule has 0 bridgehead atoms. The smallest absolute Gasteiger partial charge is 0.321 e. The van der Waals surface area contributed by atoms with Gasteiger partial charge in [-0.15, -0.1) is 0 Å². The van der Waals surface area contributed by atoms with Gasteiger partial charge in [-0.2, -0.15) is 0 Å². The molecule has 1 unspecified atom stereocenters. The van der Waals surface area contributed by atoms with Crippen molar-refractivity contribution in [2.45, 2.75) is 25.6 Å². The Morgan fingerprint density at radius 1 is 1.09 bits per heavy atom. The molecule has 0 aliphatic carbocycles. The van der Waals surface area contributed by atoms with E-state index in [1.54, 1.807) is 0 Å². The second kappa shape index (κ2) is 10.2. The number of H-pyrrole nitrogens is 1. The average molecular weight is 514 g/mol. The predicted molar refractivity (Wildman–Crippen MR) is 130 cm³/mol. The number of benzene rings is 3. The van der Waals surface area contributed by atoms with E-state index in [0.29, 0.717) is 24.6 Å². The van der Waals surface area contributed by atoms with E-state index in [0.717, 1.165) is 37.8 Å². The van der Waals surface area contributed by atoms with Gasteiger partial charge in [-0.25, -0.2) is 0 Å². The average Bonchev–Trinajstić information content (AvgIpc) is 3.20. The maximum atomic E-state index is 11.8. The summed E-state index contributed by atoms with van der Waals surface area (Å²) in [6.45, 7) is 0.856. The topological polar surface area (TPSA) is 74.3 Å². The molecule has 3 N–H and O–H groups in total. The number of rotatable bonds is 9. The van der Waals surface area contributed by atoms with Crippen LogP contribution in [0.5, 0.6) is 5.75 Å². The van der Waals surface area contributed by atoms with Crippen LogP contribution in [-0.2, 0) is 24.4 Å². The van der Waals surface area contributed by atoms with Gasteiger partial charge >= 0.3 is 5.97 Å². The van der Waals surface area contributed by atoms with Crippen LogP contribution in [0.3, 0.4) is 0 Å². The Hall–Kier alpha value is -2.80. The molecule has 0 aliphatic rings. The van der Waals surface area contributed by atoms with Gasteiger partial charge in [0, 0.05) is 35.1 Å². The highest BCUT2D eigenvalue weighted by atomic mass is 79.9. The van der Waals surface area contributed by atoms with Gasteiger partial charge in [-0.1, -0.05) is 48.0 Å². The van der Waals surface area contributed by atoms with Crippen molar-refractivity contribution in [1.82, 2.24) is 10.3 Å². The Kier molecular flexibility index (Phi) is 7.15. The second-order valence-corrected chi connectivity index (χ2v) is 8.81. The van der Waals surface area contributed by atoms with E-state index in [9.17, 15) is 9.90 Å². The highest BCUT2D eigenvalue weighted by molar-refractivity contribution is 9.10. The number of fused-ring (bicyclic) bond motifs is 1. The molecule has 7 heteroatoms. The maximum absolute atomic E-state index is 11.8. The van der Waals surface area contributed by atoms with Gasteiger partial charge in [0.2, 0.25) is 0 Å². The largest absolute Gasteiger partial charge is 0.488 e. The van der Waals surface area contributed by atoms with Crippen molar-refractivity contribution in [1.29, 1.82) is 0 Å². The van der Waals surface area contributed by atoms with E-state index in [-0.39, 0.29) is 0 Å². The Balaban J connectivity index is 1.37. The lowest BCUT2D eigenvalue weighted by Gasteiger charge is -2.15. The first kappa shape index (κ1) is 22.4. The fourth-order valence-electron chi connectivity index (χ4n) is 3.52. The number of para-hydroxylation sites is 1. The number of carbonyl (C=O) groups is 1. The summed E-state index contributed by atoms with van der Waals surface area (Å²) in [5.74, 6) is -0.158. The third-order valence-electron chi connectivity index (χ3n) is 5.25. The lowest BCUT2D eigenvalue weighted by atomic mass is 10.0. The van der Waals surface area contributed by atoms with Crippen molar-refractivity contribution in [3.8, 4) is 5.75 Å². The highest BCUT2D eigenvalue weighted by Crippen LogP contribution is 2.27. The van der Waals surface area contributed by atoms with E-state index in [1.165, 1.54) is 0 Å². The molecule has 1 atom stereocenters. The van der Waals surface area contributed by atoms with E-state index in [2.05, 4.69) is 26.2 Å². The number of nitrogens with one attached hydrogen (secondary N) is 2. The van der Waals surface area contributed by atoms with Gasteiger partial charge in [0.05, 0.1) is 4.47 Å². The van der Waals surface area contributed by atoms with Gasteiger partial charge in [0.25, 0.3) is 0 Å². The molecule has 3 aromatic carbocycles. The number of aliphatic carboxylic acids is 1. The van der Waals surface area contributed by atoms with Crippen LogP contribution in [0.1, 0.15) is 16.7 Å². The number of hydrogen-bond donors (Lipinski definition) is 3. The predicted octanol–water partition coefficient (Wildman–Crippen LogP) is 5.95. The van der Waals surface area contributed by atoms with Gasteiger partial charge in [-0.05, 0) is 63.0 Å². The molecule has 0 fully saturated rings. The number of aromatic amines is 1. The molecule has 5 nitrogen and oxygen atoms in total. The normalized spacial score (nSPS) is 12.1. The minimum Gasteiger partial charge on any atom is -0.488 e. The standard InChI is InChI=1S/C25H22BrClN2O3/c26-21-11-17(7-10-24(21)32-15-16-5-8-19(27)9-6-16)13-28-23(25(30)31)12-18-14-29-22-4-2-1-3-20(18)22/h1-11,14,23,28-29H,12-13,15H2,(H,30,31). The molecule has 0 saturated carbocycles. The summed E-state index contributed by atoms with van der Waals surface area (Å²) in [7, 11) is 0. The van der Waals surface area contributed by atoms with Crippen LogP contribution < -0.4 is 10.1 Å². The molecular formula is C25H22BrClN2O3. The molecule has 0 saturated heterocycles. The first-order valence-corrected chi connectivity index (χ1v) is 11.3. The van der Waals surface area contributed by atoms with Crippen molar-refractivity contribution in [2.24, 2.45) is 0 Å². The van der Waals surface area contributed by atoms with Crippen LogP contribution in [0, 0.1) is 0 Å². The molecule has 0 radical (unpaired) electrons. The molecule has 4 aromatic rings. The lowest BCUT2D eigenvalue weighted by Crippen LogP contribution is -2.38. The van der Waals surface area contributed by atoms with Gasteiger partial charge in [-0.3, -0.25) is 4.79 Å².